The minimum atomic E-state index is 0.241. The van der Waals surface area contributed by atoms with Crippen molar-refractivity contribution in [2.75, 3.05) is 5.32 Å². The lowest BCUT2D eigenvalue weighted by Gasteiger charge is -2.05. The number of benzene rings is 2. The SMILES string of the molecule is N#Cc1nc(C2CC2c2ccccc2)oc1NCc1ccccc1Cl. The molecule has 0 radical (unpaired) electrons. The van der Waals surface area contributed by atoms with Crippen molar-refractivity contribution < 1.29 is 4.42 Å². The number of hydrogen-bond acceptors (Lipinski definition) is 4. The van der Waals surface area contributed by atoms with Gasteiger partial charge in [0.25, 0.3) is 0 Å². The van der Waals surface area contributed by atoms with Gasteiger partial charge in [-0.3, -0.25) is 0 Å². The van der Waals surface area contributed by atoms with Gasteiger partial charge in [-0.15, -0.1) is 0 Å². The zero-order valence-corrected chi connectivity index (χ0v) is 14.2. The molecule has 1 fully saturated rings. The monoisotopic (exact) mass is 349 g/mol. The lowest BCUT2D eigenvalue weighted by molar-refractivity contribution is 0.505. The van der Waals surface area contributed by atoms with Crippen molar-refractivity contribution in [1.82, 2.24) is 4.98 Å². The number of nitrogens with one attached hydrogen (secondary N) is 1. The average molecular weight is 350 g/mol. The second kappa shape index (κ2) is 6.62. The first-order valence-electron chi connectivity index (χ1n) is 8.19. The first kappa shape index (κ1) is 15.7. The lowest BCUT2D eigenvalue weighted by Crippen LogP contribution is -2.00. The fraction of sp³-hybridized carbons (Fsp3) is 0.200. The highest BCUT2D eigenvalue weighted by atomic mass is 35.5. The maximum absolute atomic E-state index is 9.33. The third-order valence-electron chi connectivity index (χ3n) is 4.48. The van der Waals surface area contributed by atoms with E-state index >= 15 is 0 Å². The van der Waals surface area contributed by atoms with Crippen molar-refractivity contribution >= 4 is 17.5 Å². The Kier molecular flexibility index (Phi) is 4.17. The van der Waals surface area contributed by atoms with Gasteiger partial charge in [-0.1, -0.05) is 60.1 Å². The van der Waals surface area contributed by atoms with E-state index < -0.39 is 0 Å². The highest BCUT2D eigenvalue weighted by molar-refractivity contribution is 6.31. The summed E-state index contributed by atoms with van der Waals surface area (Å²) in [6.07, 6.45) is 0.999. The molecule has 1 aliphatic rings. The summed E-state index contributed by atoms with van der Waals surface area (Å²) in [6, 6.07) is 20.0. The normalized spacial score (nSPS) is 18.6. The second-order valence-corrected chi connectivity index (χ2v) is 6.55. The van der Waals surface area contributed by atoms with E-state index in [1.807, 2.05) is 42.5 Å². The summed E-state index contributed by atoms with van der Waals surface area (Å²) < 4.78 is 5.86. The Morgan fingerprint density at radius 3 is 2.64 bits per heavy atom. The summed E-state index contributed by atoms with van der Waals surface area (Å²) in [5.41, 5.74) is 2.52. The number of nitriles is 1. The van der Waals surface area contributed by atoms with E-state index in [1.54, 1.807) is 0 Å². The molecule has 0 bridgehead atoms. The number of hydrogen-bond donors (Lipinski definition) is 1. The van der Waals surface area contributed by atoms with Gasteiger partial charge in [0.15, 0.2) is 0 Å². The van der Waals surface area contributed by atoms with Crippen LogP contribution in [0.2, 0.25) is 5.02 Å². The van der Waals surface area contributed by atoms with Crippen LogP contribution in [0.4, 0.5) is 5.88 Å². The average Bonchev–Trinajstić information content (AvgIpc) is 3.35. The van der Waals surface area contributed by atoms with Crippen molar-refractivity contribution in [3.63, 3.8) is 0 Å². The van der Waals surface area contributed by atoms with E-state index in [9.17, 15) is 5.26 Å². The minimum Gasteiger partial charge on any atom is -0.424 e. The molecule has 25 heavy (non-hydrogen) atoms. The first-order chi connectivity index (χ1) is 12.3. The van der Waals surface area contributed by atoms with Gasteiger partial charge in [-0.2, -0.15) is 5.26 Å². The molecule has 124 valence electrons. The topological polar surface area (TPSA) is 61.9 Å². The van der Waals surface area contributed by atoms with Crippen molar-refractivity contribution in [3.8, 4) is 6.07 Å². The summed E-state index contributed by atoms with van der Waals surface area (Å²) in [5.74, 6) is 1.70. The predicted molar refractivity (Wildman–Crippen MR) is 96.5 cm³/mol. The largest absolute Gasteiger partial charge is 0.424 e. The molecule has 1 heterocycles. The van der Waals surface area contributed by atoms with Crippen LogP contribution < -0.4 is 5.32 Å². The smallest absolute Gasteiger partial charge is 0.232 e. The van der Waals surface area contributed by atoms with Gasteiger partial charge in [0.2, 0.25) is 17.5 Å². The highest BCUT2D eigenvalue weighted by Crippen LogP contribution is 2.54. The van der Waals surface area contributed by atoms with Crippen LogP contribution in [0, 0.1) is 11.3 Å². The molecule has 0 saturated heterocycles. The summed E-state index contributed by atoms with van der Waals surface area (Å²) in [5, 5.41) is 13.2. The van der Waals surface area contributed by atoms with E-state index in [4.69, 9.17) is 16.0 Å². The molecule has 0 amide bonds. The van der Waals surface area contributed by atoms with Gasteiger partial charge < -0.3 is 9.73 Å². The third kappa shape index (κ3) is 3.24. The summed E-state index contributed by atoms with van der Waals surface area (Å²) >= 11 is 6.17. The van der Waals surface area contributed by atoms with Crippen molar-refractivity contribution in [2.24, 2.45) is 0 Å². The predicted octanol–water partition coefficient (Wildman–Crippen LogP) is 5.08. The van der Waals surface area contributed by atoms with Crippen LogP contribution >= 0.6 is 11.6 Å². The van der Waals surface area contributed by atoms with E-state index in [2.05, 4.69) is 28.5 Å². The second-order valence-electron chi connectivity index (χ2n) is 6.15. The number of rotatable bonds is 5. The van der Waals surface area contributed by atoms with Gasteiger partial charge in [0.05, 0.1) is 0 Å². The van der Waals surface area contributed by atoms with Crippen molar-refractivity contribution in [2.45, 2.75) is 24.8 Å². The third-order valence-corrected chi connectivity index (χ3v) is 4.85. The highest BCUT2D eigenvalue weighted by Gasteiger charge is 2.43. The van der Waals surface area contributed by atoms with Crippen LogP contribution in [-0.2, 0) is 6.54 Å². The minimum absolute atomic E-state index is 0.241. The molecule has 0 spiro atoms. The van der Waals surface area contributed by atoms with E-state index in [1.165, 1.54) is 5.56 Å². The molecule has 2 atom stereocenters. The molecule has 5 heteroatoms. The van der Waals surface area contributed by atoms with Gasteiger partial charge in [-0.25, -0.2) is 4.98 Å². The fourth-order valence-corrected chi connectivity index (χ4v) is 3.25. The Bertz CT molecular complexity index is 930. The Morgan fingerprint density at radius 2 is 1.88 bits per heavy atom. The van der Waals surface area contributed by atoms with Gasteiger partial charge in [0.1, 0.15) is 6.07 Å². The Labute approximate surface area is 151 Å². The van der Waals surface area contributed by atoms with E-state index in [-0.39, 0.29) is 5.92 Å². The molecule has 4 rings (SSSR count). The van der Waals surface area contributed by atoms with E-state index in [0.717, 1.165) is 12.0 Å². The van der Waals surface area contributed by atoms with Crippen molar-refractivity contribution in [1.29, 1.82) is 5.26 Å². The Balaban J connectivity index is 1.49. The number of anilines is 1. The number of halogens is 1. The number of nitrogens with zero attached hydrogens (tertiary/aromatic N) is 2. The van der Waals surface area contributed by atoms with Crippen LogP contribution in [0.5, 0.6) is 0 Å². The number of aromatic nitrogens is 1. The Hall–Kier alpha value is -2.77. The Morgan fingerprint density at radius 1 is 1.12 bits per heavy atom. The zero-order valence-electron chi connectivity index (χ0n) is 13.4. The van der Waals surface area contributed by atoms with Crippen LogP contribution in [0.15, 0.2) is 59.0 Å². The zero-order chi connectivity index (χ0) is 17.2. The molecule has 2 unspecified atom stereocenters. The quantitative estimate of drug-likeness (QED) is 0.697. The fourth-order valence-electron chi connectivity index (χ4n) is 3.04. The molecular weight excluding hydrogens is 334 g/mol. The van der Waals surface area contributed by atoms with Crippen LogP contribution in [-0.4, -0.2) is 4.98 Å². The molecule has 2 aromatic carbocycles. The summed E-state index contributed by atoms with van der Waals surface area (Å²) in [7, 11) is 0. The van der Waals surface area contributed by atoms with Crippen LogP contribution in [0.1, 0.15) is 41.0 Å². The molecule has 1 N–H and O–H groups in total. The molecule has 4 nitrogen and oxygen atoms in total. The molecule has 3 aromatic rings. The number of oxazole rings is 1. The molecule has 1 saturated carbocycles. The molecule has 0 aliphatic heterocycles. The van der Waals surface area contributed by atoms with Gasteiger partial charge >= 0.3 is 0 Å². The first-order valence-corrected chi connectivity index (χ1v) is 8.57. The standard InChI is InChI=1S/C20H16ClN3O/c21-17-9-5-4-8-14(17)12-23-20-18(11-22)24-19(25-20)16-10-15(16)13-6-2-1-3-7-13/h1-9,15-16,23H,10,12H2. The summed E-state index contributed by atoms with van der Waals surface area (Å²) in [6.45, 7) is 0.482. The lowest BCUT2D eigenvalue weighted by atomic mass is 10.1. The van der Waals surface area contributed by atoms with Gasteiger partial charge in [0, 0.05) is 17.5 Å². The van der Waals surface area contributed by atoms with Crippen LogP contribution in [0.3, 0.4) is 0 Å². The van der Waals surface area contributed by atoms with Crippen molar-refractivity contribution in [3.05, 3.63) is 82.3 Å². The molecular formula is C20H16ClN3O. The van der Waals surface area contributed by atoms with E-state index in [0.29, 0.717) is 35.0 Å². The van der Waals surface area contributed by atoms with Crippen LogP contribution in [0.25, 0.3) is 0 Å². The maximum Gasteiger partial charge on any atom is 0.232 e. The van der Waals surface area contributed by atoms with Gasteiger partial charge in [-0.05, 0) is 29.5 Å². The molecule has 1 aliphatic carbocycles. The molecule has 1 aromatic heterocycles. The maximum atomic E-state index is 9.33. The summed E-state index contributed by atoms with van der Waals surface area (Å²) in [4.78, 5) is 4.38.